The number of thiazole rings is 1. The first-order chi connectivity index (χ1) is 16.9. The summed E-state index contributed by atoms with van der Waals surface area (Å²) in [6.45, 7) is 0.438. The van der Waals surface area contributed by atoms with Crippen LogP contribution in [0.5, 0.6) is 0 Å². The highest BCUT2D eigenvalue weighted by molar-refractivity contribution is 7.89. The topological polar surface area (TPSA) is 127 Å². The van der Waals surface area contributed by atoms with Crippen LogP contribution < -0.4 is 15.8 Å². The van der Waals surface area contributed by atoms with Gasteiger partial charge in [0.25, 0.3) is 0 Å². The second kappa shape index (κ2) is 9.62. The number of fused-ring (bicyclic) bond motifs is 1. The molecule has 178 valence electrons. The van der Waals surface area contributed by atoms with E-state index in [1.165, 1.54) is 35.6 Å². The third-order valence-electron chi connectivity index (χ3n) is 5.14. The Kier molecular flexibility index (Phi) is 6.39. The van der Waals surface area contributed by atoms with Gasteiger partial charge < -0.3 is 11.1 Å². The maximum atomic E-state index is 12.4. The Hall–Kier alpha value is -3.51. The molecule has 0 aliphatic heterocycles. The van der Waals surface area contributed by atoms with E-state index in [1.807, 2.05) is 46.3 Å². The maximum absolute atomic E-state index is 12.4. The van der Waals surface area contributed by atoms with Gasteiger partial charge >= 0.3 is 0 Å². The fourth-order valence-electron chi connectivity index (χ4n) is 3.55. The minimum Gasteiger partial charge on any atom is -0.399 e. The molecule has 0 atom stereocenters. The van der Waals surface area contributed by atoms with Crippen LogP contribution in [0, 0.1) is 0 Å². The Labute approximate surface area is 210 Å². The lowest BCUT2D eigenvalue weighted by molar-refractivity contribution is 0.583. The summed E-state index contributed by atoms with van der Waals surface area (Å²) in [5.74, 6) is 0.372. The molecule has 0 saturated heterocycles. The van der Waals surface area contributed by atoms with Crippen molar-refractivity contribution in [3.05, 3.63) is 77.4 Å². The zero-order valence-electron chi connectivity index (χ0n) is 18.2. The first kappa shape index (κ1) is 23.2. The van der Waals surface area contributed by atoms with Gasteiger partial charge in [0.05, 0.1) is 16.3 Å². The number of hydrogen-bond acceptors (Lipinski definition) is 8. The number of aromatic nitrogens is 4. The second-order valence-electron chi connectivity index (χ2n) is 7.53. The van der Waals surface area contributed by atoms with Crippen molar-refractivity contribution in [1.29, 1.82) is 0 Å². The average Bonchev–Trinajstić information content (AvgIpc) is 3.44. The molecule has 0 unspecified atom stereocenters. The van der Waals surface area contributed by atoms with Crippen LogP contribution in [-0.2, 0) is 10.0 Å². The van der Waals surface area contributed by atoms with Crippen LogP contribution in [-0.4, -0.2) is 40.9 Å². The van der Waals surface area contributed by atoms with E-state index in [4.69, 9.17) is 22.3 Å². The Balaban J connectivity index is 1.34. The number of nitrogens with zero attached hydrogens (tertiary/aromatic N) is 4. The molecular weight excluding hydrogens is 506 g/mol. The minimum atomic E-state index is -3.64. The van der Waals surface area contributed by atoms with Crippen molar-refractivity contribution in [2.24, 2.45) is 0 Å². The summed E-state index contributed by atoms with van der Waals surface area (Å²) in [7, 11) is -3.64. The van der Waals surface area contributed by atoms with Crippen molar-refractivity contribution in [3.8, 4) is 22.6 Å². The van der Waals surface area contributed by atoms with E-state index in [1.54, 1.807) is 6.20 Å². The third-order valence-corrected chi connectivity index (χ3v) is 7.63. The number of benzene rings is 2. The van der Waals surface area contributed by atoms with Crippen LogP contribution in [0.25, 0.3) is 27.6 Å². The Morgan fingerprint density at radius 2 is 1.89 bits per heavy atom. The molecule has 0 fully saturated rings. The van der Waals surface area contributed by atoms with Gasteiger partial charge in [0.2, 0.25) is 16.0 Å². The Bertz CT molecular complexity index is 1600. The summed E-state index contributed by atoms with van der Waals surface area (Å²) in [5, 5.41) is 5.51. The zero-order chi connectivity index (χ0) is 24.4. The average molecular weight is 526 g/mol. The van der Waals surface area contributed by atoms with Crippen molar-refractivity contribution < 1.29 is 8.42 Å². The molecule has 3 aromatic heterocycles. The van der Waals surface area contributed by atoms with Gasteiger partial charge in [0.1, 0.15) is 5.69 Å². The van der Waals surface area contributed by atoms with E-state index < -0.39 is 10.0 Å². The van der Waals surface area contributed by atoms with Gasteiger partial charge in [0.15, 0.2) is 4.96 Å². The fourth-order valence-corrected chi connectivity index (χ4v) is 5.42. The lowest BCUT2D eigenvalue weighted by Gasteiger charge is -2.09. The highest BCUT2D eigenvalue weighted by atomic mass is 35.5. The predicted molar refractivity (Wildman–Crippen MR) is 139 cm³/mol. The summed E-state index contributed by atoms with van der Waals surface area (Å²) in [6.07, 6.45) is 3.59. The van der Waals surface area contributed by atoms with Crippen molar-refractivity contribution >= 4 is 49.6 Å². The van der Waals surface area contributed by atoms with Gasteiger partial charge in [-0.1, -0.05) is 23.7 Å². The first-order valence-electron chi connectivity index (χ1n) is 10.5. The summed E-state index contributed by atoms with van der Waals surface area (Å²) < 4.78 is 29.4. The maximum Gasteiger partial charge on any atom is 0.240 e. The number of nitrogens with two attached hydrogens (primary N) is 1. The molecular formula is C23H20ClN7O2S2. The van der Waals surface area contributed by atoms with E-state index >= 15 is 0 Å². The van der Waals surface area contributed by atoms with Gasteiger partial charge in [-0.2, -0.15) is 0 Å². The van der Waals surface area contributed by atoms with Gasteiger partial charge in [-0.25, -0.2) is 28.1 Å². The monoisotopic (exact) mass is 525 g/mol. The van der Waals surface area contributed by atoms with Crippen molar-refractivity contribution in [1.82, 2.24) is 24.1 Å². The van der Waals surface area contributed by atoms with Crippen molar-refractivity contribution in [3.63, 3.8) is 0 Å². The molecule has 0 saturated carbocycles. The molecule has 35 heavy (non-hydrogen) atoms. The Morgan fingerprint density at radius 3 is 2.69 bits per heavy atom. The molecule has 2 aromatic carbocycles. The molecule has 12 heteroatoms. The molecule has 0 bridgehead atoms. The summed E-state index contributed by atoms with van der Waals surface area (Å²) in [5.41, 5.74) is 9.80. The van der Waals surface area contributed by atoms with Crippen LogP contribution in [0.4, 0.5) is 11.6 Å². The molecule has 9 nitrogen and oxygen atoms in total. The van der Waals surface area contributed by atoms with Crippen LogP contribution in [0.15, 0.2) is 77.3 Å². The normalized spacial score (nSPS) is 11.7. The van der Waals surface area contributed by atoms with E-state index in [-0.39, 0.29) is 11.4 Å². The van der Waals surface area contributed by atoms with Crippen LogP contribution in [0.1, 0.15) is 0 Å². The highest BCUT2D eigenvalue weighted by Crippen LogP contribution is 2.34. The zero-order valence-corrected chi connectivity index (χ0v) is 20.6. The van der Waals surface area contributed by atoms with Gasteiger partial charge in [-0.15, -0.1) is 11.3 Å². The lowest BCUT2D eigenvalue weighted by atomic mass is 10.1. The molecule has 4 N–H and O–H groups in total. The summed E-state index contributed by atoms with van der Waals surface area (Å²) >= 11 is 7.36. The van der Waals surface area contributed by atoms with E-state index in [2.05, 4.69) is 20.0 Å². The van der Waals surface area contributed by atoms with E-state index in [0.29, 0.717) is 28.9 Å². The number of hydrogen-bond donors (Lipinski definition) is 3. The van der Waals surface area contributed by atoms with Crippen LogP contribution >= 0.6 is 22.9 Å². The summed E-state index contributed by atoms with van der Waals surface area (Å²) in [6, 6.07) is 15.3. The molecule has 0 aliphatic rings. The Morgan fingerprint density at radius 1 is 1.06 bits per heavy atom. The van der Waals surface area contributed by atoms with Gasteiger partial charge in [0, 0.05) is 47.1 Å². The first-order valence-corrected chi connectivity index (χ1v) is 13.3. The van der Waals surface area contributed by atoms with E-state index in [0.717, 1.165) is 21.9 Å². The number of sulfonamides is 1. The SMILES string of the molecule is Nc1cccc(-c2nc3sccn3c2-c2ccnc(NCCNS(=O)(=O)c3ccc(Cl)cc3)n2)c1. The number of rotatable bonds is 8. The smallest absolute Gasteiger partial charge is 0.240 e. The molecule has 0 radical (unpaired) electrons. The molecule has 3 heterocycles. The van der Waals surface area contributed by atoms with Crippen molar-refractivity contribution in [2.75, 3.05) is 24.1 Å². The number of imidazole rings is 1. The van der Waals surface area contributed by atoms with Gasteiger partial charge in [-0.05, 0) is 42.5 Å². The van der Waals surface area contributed by atoms with Crippen LogP contribution in [0.2, 0.25) is 5.02 Å². The molecule has 5 rings (SSSR count). The largest absolute Gasteiger partial charge is 0.399 e. The highest BCUT2D eigenvalue weighted by Gasteiger charge is 2.19. The predicted octanol–water partition coefficient (Wildman–Crippen LogP) is 4.15. The number of nitrogens with one attached hydrogen (secondary N) is 2. The third kappa shape index (κ3) is 4.98. The standard InChI is InChI=1S/C23H20ClN7O2S2/c24-16-4-6-18(7-5-16)35(32,33)28-11-10-27-22-26-9-8-19(29-22)21-20(15-2-1-3-17(25)14-15)30-23-31(21)12-13-34-23/h1-9,12-14,28H,10-11,25H2,(H,26,27,29). The quantitative estimate of drug-likeness (QED) is 0.205. The molecule has 0 amide bonds. The van der Waals surface area contributed by atoms with Crippen molar-refractivity contribution in [2.45, 2.75) is 4.90 Å². The van der Waals surface area contributed by atoms with Crippen LogP contribution in [0.3, 0.4) is 0 Å². The molecule has 0 spiro atoms. The minimum absolute atomic E-state index is 0.147. The number of nitrogen functional groups attached to an aromatic ring is 1. The second-order valence-corrected chi connectivity index (χ2v) is 10.6. The summed E-state index contributed by atoms with van der Waals surface area (Å²) in [4.78, 5) is 14.7. The lowest BCUT2D eigenvalue weighted by Crippen LogP contribution is -2.29. The number of anilines is 2. The molecule has 5 aromatic rings. The van der Waals surface area contributed by atoms with E-state index in [9.17, 15) is 8.42 Å². The van der Waals surface area contributed by atoms with Gasteiger partial charge in [-0.3, -0.25) is 4.40 Å². The fraction of sp³-hybridized carbons (Fsp3) is 0.0870. The number of halogens is 1. The molecule has 0 aliphatic carbocycles.